The van der Waals surface area contributed by atoms with Gasteiger partial charge in [-0.1, -0.05) is 0 Å². The van der Waals surface area contributed by atoms with E-state index in [1.54, 1.807) is 12.1 Å². The summed E-state index contributed by atoms with van der Waals surface area (Å²) in [4.78, 5) is 2.11. The summed E-state index contributed by atoms with van der Waals surface area (Å²) < 4.78 is 26.0. The van der Waals surface area contributed by atoms with Gasteiger partial charge in [0.1, 0.15) is 5.75 Å². The number of rotatable bonds is 2. The molecule has 0 aliphatic carbocycles. The van der Waals surface area contributed by atoms with Crippen molar-refractivity contribution in [2.75, 3.05) is 18.5 Å². The van der Waals surface area contributed by atoms with Gasteiger partial charge >= 0.3 is 10.3 Å². The second kappa shape index (κ2) is 3.39. The monoisotopic (exact) mass is 228 g/mol. The molecule has 1 aromatic carbocycles. The van der Waals surface area contributed by atoms with Crippen LogP contribution in [0.5, 0.6) is 5.75 Å². The smallest absolute Gasteiger partial charge is 0.374 e. The predicted molar refractivity (Wildman–Crippen MR) is 57.2 cm³/mol. The third-order valence-electron chi connectivity index (χ3n) is 2.39. The second-order valence-corrected chi connectivity index (χ2v) is 4.69. The van der Waals surface area contributed by atoms with E-state index < -0.39 is 10.3 Å². The number of nitrogens with two attached hydrogens (primary N) is 1. The lowest BCUT2D eigenvalue weighted by Gasteiger charge is -2.11. The van der Waals surface area contributed by atoms with Gasteiger partial charge < -0.3 is 9.08 Å². The Morgan fingerprint density at radius 2 is 2.20 bits per heavy atom. The minimum absolute atomic E-state index is 0.270. The summed E-state index contributed by atoms with van der Waals surface area (Å²) in [5.74, 6) is 0.270. The van der Waals surface area contributed by atoms with Gasteiger partial charge in [-0.3, -0.25) is 0 Å². The summed E-state index contributed by atoms with van der Waals surface area (Å²) >= 11 is 0. The Bertz CT molecular complexity index is 484. The molecule has 0 bridgehead atoms. The van der Waals surface area contributed by atoms with Crippen LogP contribution in [0.2, 0.25) is 0 Å². The normalized spacial score (nSPS) is 15.2. The summed E-state index contributed by atoms with van der Waals surface area (Å²) in [6.07, 6.45) is 0.896. The molecule has 1 aromatic rings. The van der Waals surface area contributed by atoms with Crippen molar-refractivity contribution < 1.29 is 12.6 Å². The highest BCUT2D eigenvalue weighted by molar-refractivity contribution is 7.84. The third kappa shape index (κ3) is 2.21. The van der Waals surface area contributed by atoms with E-state index in [2.05, 4.69) is 9.08 Å². The molecule has 1 aliphatic rings. The summed E-state index contributed by atoms with van der Waals surface area (Å²) in [6, 6.07) is 5.15. The van der Waals surface area contributed by atoms with Gasteiger partial charge in [0.2, 0.25) is 0 Å². The Morgan fingerprint density at radius 3 is 2.87 bits per heavy atom. The number of fused-ring (bicyclic) bond motifs is 1. The van der Waals surface area contributed by atoms with Crippen LogP contribution in [0, 0.1) is 0 Å². The maximum atomic E-state index is 10.7. The van der Waals surface area contributed by atoms with E-state index in [0.717, 1.165) is 24.2 Å². The molecule has 0 unspecified atom stereocenters. The van der Waals surface area contributed by atoms with Crippen molar-refractivity contribution >= 4 is 16.0 Å². The predicted octanol–water partition coefficient (Wildman–Crippen LogP) is 0.261. The molecule has 1 heterocycles. The fourth-order valence-corrected chi connectivity index (χ4v) is 2.10. The molecule has 2 N–H and O–H groups in total. The van der Waals surface area contributed by atoms with Crippen LogP contribution < -0.4 is 14.2 Å². The van der Waals surface area contributed by atoms with Crippen LogP contribution in [0.15, 0.2) is 18.2 Å². The Morgan fingerprint density at radius 1 is 1.47 bits per heavy atom. The number of anilines is 1. The first-order valence-corrected chi connectivity index (χ1v) is 5.99. The zero-order valence-corrected chi connectivity index (χ0v) is 9.12. The van der Waals surface area contributed by atoms with E-state index in [1.807, 2.05) is 13.1 Å². The molecule has 0 fully saturated rings. The molecule has 0 aromatic heterocycles. The van der Waals surface area contributed by atoms with Gasteiger partial charge in [0.05, 0.1) is 0 Å². The highest BCUT2D eigenvalue weighted by Gasteiger charge is 2.16. The SMILES string of the molecule is CN1CCc2cc(OS(N)(=O)=O)ccc21. The molecule has 0 spiro atoms. The maximum Gasteiger partial charge on any atom is 0.380 e. The molecule has 0 amide bonds. The van der Waals surface area contributed by atoms with Crippen LogP contribution in [0.1, 0.15) is 5.56 Å². The minimum Gasteiger partial charge on any atom is -0.374 e. The molecular formula is C9H12N2O3S. The number of hydrogen-bond donors (Lipinski definition) is 1. The molecule has 0 saturated heterocycles. The van der Waals surface area contributed by atoms with Gasteiger partial charge in [-0.25, -0.2) is 0 Å². The maximum absolute atomic E-state index is 10.7. The van der Waals surface area contributed by atoms with Gasteiger partial charge in [0.15, 0.2) is 0 Å². The lowest BCUT2D eigenvalue weighted by Crippen LogP contribution is -2.19. The quantitative estimate of drug-likeness (QED) is 0.788. The van der Waals surface area contributed by atoms with Crippen LogP contribution >= 0.6 is 0 Å². The number of benzene rings is 1. The largest absolute Gasteiger partial charge is 0.380 e. The Hall–Kier alpha value is -1.27. The fraction of sp³-hybridized carbons (Fsp3) is 0.333. The zero-order valence-electron chi connectivity index (χ0n) is 8.30. The number of hydrogen-bond acceptors (Lipinski definition) is 4. The van der Waals surface area contributed by atoms with Crippen molar-refractivity contribution in [2.24, 2.45) is 5.14 Å². The van der Waals surface area contributed by atoms with Crippen molar-refractivity contribution in [3.8, 4) is 5.75 Å². The van der Waals surface area contributed by atoms with E-state index in [-0.39, 0.29) is 5.75 Å². The first kappa shape index (κ1) is 10.3. The molecular weight excluding hydrogens is 216 g/mol. The molecule has 0 saturated carbocycles. The minimum atomic E-state index is -3.92. The van der Waals surface area contributed by atoms with Crippen molar-refractivity contribution in [1.82, 2.24) is 0 Å². The van der Waals surface area contributed by atoms with Gasteiger partial charge in [-0.05, 0) is 30.2 Å². The second-order valence-electron chi connectivity index (χ2n) is 3.54. The van der Waals surface area contributed by atoms with Crippen molar-refractivity contribution in [3.05, 3.63) is 23.8 Å². The van der Waals surface area contributed by atoms with E-state index >= 15 is 0 Å². The standard InChI is InChI=1S/C9H12N2O3S/c1-11-5-4-7-6-8(2-3-9(7)11)14-15(10,12)13/h2-3,6H,4-5H2,1H3,(H2,10,12,13). The molecule has 6 heteroatoms. The molecule has 15 heavy (non-hydrogen) atoms. The topological polar surface area (TPSA) is 72.6 Å². The van der Waals surface area contributed by atoms with Gasteiger partial charge in [-0.2, -0.15) is 13.6 Å². The van der Waals surface area contributed by atoms with Crippen LogP contribution in [-0.2, 0) is 16.7 Å². The number of nitrogens with zero attached hydrogens (tertiary/aromatic N) is 1. The van der Waals surface area contributed by atoms with Gasteiger partial charge in [-0.15, -0.1) is 0 Å². The first-order valence-electron chi connectivity index (χ1n) is 4.52. The molecule has 0 radical (unpaired) electrons. The van der Waals surface area contributed by atoms with Crippen molar-refractivity contribution in [3.63, 3.8) is 0 Å². The van der Waals surface area contributed by atoms with E-state index in [0.29, 0.717) is 0 Å². The van der Waals surface area contributed by atoms with Crippen LogP contribution in [0.4, 0.5) is 5.69 Å². The van der Waals surface area contributed by atoms with Crippen molar-refractivity contribution in [1.29, 1.82) is 0 Å². The lowest BCUT2D eigenvalue weighted by atomic mass is 10.1. The van der Waals surface area contributed by atoms with Crippen LogP contribution in [0.25, 0.3) is 0 Å². The summed E-state index contributed by atoms with van der Waals surface area (Å²) in [5.41, 5.74) is 2.19. The zero-order chi connectivity index (χ0) is 11.1. The molecule has 5 nitrogen and oxygen atoms in total. The third-order valence-corrected chi connectivity index (χ3v) is 2.82. The molecule has 82 valence electrons. The molecule has 0 atom stereocenters. The molecule has 2 rings (SSSR count). The average molecular weight is 228 g/mol. The van der Waals surface area contributed by atoms with E-state index in [4.69, 9.17) is 5.14 Å². The first-order chi connectivity index (χ1) is 6.96. The summed E-state index contributed by atoms with van der Waals surface area (Å²) in [6.45, 7) is 0.939. The average Bonchev–Trinajstić information content (AvgIpc) is 2.45. The van der Waals surface area contributed by atoms with E-state index in [1.165, 1.54) is 0 Å². The van der Waals surface area contributed by atoms with Gasteiger partial charge in [0.25, 0.3) is 0 Å². The lowest BCUT2D eigenvalue weighted by molar-refractivity contribution is 0.487. The van der Waals surface area contributed by atoms with Crippen LogP contribution in [0.3, 0.4) is 0 Å². The highest BCUT2D eigenvalue weighted by Crippen LogP contribution is 2.30. The highest BCUT2D eigenvalue weighted by atomic mass is 32.2. The van der Waals surface area contributed by atoms with Gasteiger partial charge in [0, 0.05) is 19.3 Å². The summed E-state index contributed by atoms with van der Waals surface area (Å²) in [5, 5.41) is 4.78. The Kier molecular flexibility index (Phi) is 2.32. The van der Waals surface area contributed by atoms with E-state index in [9.17, 15) is 8.42 Å². The van der Waals surface area contributed by atoms with Crippen molar-refractivity contribution in [2.45, 2.75) is 6.42 Å². The summed E-state index contributed by atoms with van der Waals surface area (Å²) in [7, 11) is -1.93. The fourth-order valence-electron chi connectivity index (χ4n) is 1.73. The molecule has 1 aliphatic heterocycles. The Balaban J connectivity index is 2.31. The van der Waals surface area contributed by atoms with Crippen LogP contribution in [-0.4, -0.2) is 22.0 Å². The Labute approximate surface area is 88.7 Å². The number of likely N-dealkylation sites (N-methyl/N-ethyl adjacent to an activating group) is 1.